The van der Waals surface area contributed by atoms with Crippen molar-refractivity contribution in [1.29, 1.82) is 0 Å². The van der Waals surface area contributed by atoms with Gasteiger partial charge in [0.25, 0.3) is 0 Å². The average molecular weight is 220 g/mol. The molecule has 0 fully saturated rings. The molecule has 0 aliphatic carbocycles. The number of allylic oxidation sites excluding steroid dienone is 1. The molecule has 1 aromatic carbocycles. The summed E-state index contributed by atoms with van der Waals surface area (Å²) in [5.74, 6) is -0.880. The summed E-state index contributed by atoms with van der Waals surface area (Å²) in [7, 11) is 1.63. The van der Waals surface area contributed by atoms with Crippen LogP contribution in [-0.2, 0) is 11.2 Å². The lowest BCUT2D eigenvalue weighted by Gasteiger charge is -2.00. The Morgan fingerprint density at radius 3 is 2.62 bits per heavy atom. The molecule has 0 amide bonds. The van der Waals surface area contributed by atoms with Gasteiger partial charge >= 0.3 is 5.97 Å². The fourth-order valence-corrected chi connectivity index (χ4v) is 1.40. The van der Waals surface area contributed by atoms with E-state index in [0.717, 1.165) is 24.8 Å². The summed E-state index contributed by atoms with van der Waals surface area (Å²) in [6.07, 6.45) is 6.61. The molecule has 0 spiro atoms. The van der Waals surface area contributed by atoms with Crippen molar-refractivity contribution in [2.75, 3.05) is 7.11 Å². The molecule has 86 valence electrons. The molecule has 0 heterocycles. The lowest BCUT2D eigenvalue weighted by Crippen LogP contribution is -1.96. The first-order chi connectivity index (χ1) is 7.74. The number of hydrogen-bond donors (Lipinski definition) is 1. The molecule has 0 bridgehead atoms. The first-order valence-corrected chi connectivity index (χ1v) is 5.24. The van der Waals surface area contributed by atoms with Gasteiger partial charge in [0.1, 0.15) is 0 Å². The molecule has 0 aromatic heterocycles. The summed E-state index contributed by atoms with van der Waals surface area (Å²) in [6, 6.07) is 7.01. The number of aromatic carboxylic acids is 1. The van der Waals surface area contributed by atoms with Crippen LogP contribution in [0.25, 0.3) is 0 Å². The third-order valence-corrected chi connectivity index (χ3v) is 2.27. The predicted octanol–water partition coefficient (Wildman–Crippen LogP) is 2.87. The molecule has 0 saturated heterocycles. The van der Waals surface area contributed by atoms with Gasteiger partial charge in [0, 0.05) is 0 Å². The quantitative estimate of drug-likeness (QED) is 0.592. The molecular formula is C13H16O3. The highest BCUT2D eigenvalue weighted by Crippen LogP contribution is 2.08. The lowest BCUT2D eigenvalue weighted by molar-refractivity contribution is 0.0697. The van der Waals surface area contributed by atoms with Crippen LogP contribution in [0.3, 0.4) is 0 Å². The van der Waals surface area contributed by atoms with Crippen molar-refractivity contribution in [1.82, 2.24) is 0 Å². The van der Waals surface area contributed by atoms with E-state index in [0.29, 0.717) is 5.56 Å². The summed E-state index contributed by atoms with van der Waals surface area (Å²) in [6.45, 7) is 0. The number of aryl methyl sites for hydroxylation is 1. The molecule has 0 aliphatic heterocycles. The SMILES string of the molecule is COC=CCCCc1ccc(C(=O)O)cc1. The van der Waals surface area contributed by atoms with Gasteiger partial charge in [-0.25, -0.2) is 4.79 Å². The van der Waals surface area contributed by atoms with Crippen molar-refractivity contribution in [3.05, 3.63) is 47.7 Å². The standard InChI is InChI=1S/C13H16O3/c1-16-10-4-2-3-5-11-6-8-12(9-7-11)13(14)15/h4,6-10H,2-3,5H2,1H3,(H,14,15). The van der Waals surface area contributed by atoms with Crippen LogP contribution in [-0.4, -0.2) is 18.2 Å². The maximum Gasteiger partial charge on any atom is 0.335 e. The van der Waals surface area contributed by atoms with E-state index in [1.165, 1.54) is 0 Å². The van der Waals surface area contributed by atoms with Gasteiger partial charge < -0.3 is 9.84 Å². The molecule has 3 heteroatoms. The maximum absolute atomic E-state index is 10.6. The second kappa shape index (κ2) is 6.67. The summed E-state index contributed by atoms with van der Waals surface area (Å²) < 4.78 is 4.79. The van der Waals surface area contributed by atoms with Crippen LogP contribution in [0.15, 0.2) is 36.6 Å². The number of ether oxygens (including phenoxy) is 1. The number of hydrogen-bond acceptors (Lipinski definition) is 2. The van der Waals surface area contributed by atoms with E-state index in [2.05, 4.69) is 0 Å². The van der Waals surface area contributed by atoms with Gasteiger partial charge in [0.2, 0.25) is 0 Å². The monoisotopic (exact) mass is 220 g/mol. The van der Waals surface area contributed by atoms with Crippen molar-refractivity contribution >= 4 is 5.97 Å². The zero-order valence-electron chi connectivity index (χ0n) is 9.35. The van der Waals surface area contributed by atoms with Crippen LogP contribution in [0, 0.1) is 0 Å². The van der Waals surface area contributed by atoms with Gasteiger partial charge in [0.15, 0.2) is 0 Å². The topological polar surface area (TPSA) is 46.5 Å². The number of methoxy groups -OCH3 is 1. The van der Waals surface area contributed by atoms with Crippen LogP contribution in [0.4, 0.5) is 0 Å². The first-order valence-electron chi connectivity index (χ1n) is 5.24. The highest BCUT2D eigenvalue weighted by atomic mass is 16.5. The Labute approximate surface area is 95.4 Å². The van der Waals surface area contributed by atoms with E-state index in [9.17, 15) is 4.79 Å². The zero-order valence-corrected chi connectivity index (χ0v) is 9.35. The number of carboxylic acid groups (broad SMARTS) is 1. The molecule has 0 saturated carbocycles. The molecule has 0 aliphatic rings. The van der Waals surface area contributed by atoms with E-state index in [-0.39, 0.29) is 0 Å². The van der Waals surface area contributed by atoms with Crippen LogP contribution in [0.2, 0.25) is 0 Å². The Morgan fingerprint density at radius 1 is 1.38 bits per heavy atom. The van der Waals surface area contributed by atoms with Crippen molar-refractivity contribution in [2.24, 2.45) is 0 Å². The number of benzene rings is 1. The summed E-state index contributed by atoms with van der Waals surface area (Å²) in [4.78, 5) is 10.6. The number of rotatable bonds is 6. The van der Waals surface area contributed by atoms with Crippen LogP contribution < -0.4 is 0 Å². The summed E-state index contributed by atoms with van der Waals surface area (Å²) >= 11 is 0. The molecule has 0 unspecified atom stereocenters. The van der Waals surface area contributed by atoms with Crippen molar-refractivity contribution in [2.45, 2.75) is 19.3 Å². The largest absolute Gasteiger partial charge is 0.505 e. The number of carbonyl (C=O) groups is 1. The predicted molar refractivity (Wildman–Crippen MR) is 62.5 cm³/mol. The van der Waals surface area contributed by atoms with Gasteiger partial charge in [-0.1, -0.05) is 12.1 Å². The van der Waals surface area contributed by atoms with E-state index in [1.807, 2.05) is 18.2 Å². The van der Waals surface area contributed by atoms with E-state index in [4.69, 9.17) is 9.84 Å². The van der Waals surface area contributed by atoms with Gasteiger partial charge in [0.05, 0.1) is 18.9 Å². The Hall–Kier alpha value is -1.77. The minimum Gasteiger partial charge on any atom is -0.505 e. The molecule has 1 N–H and O–H groups in total. The Balaban J connectivity index is 2.37. The van der Waals surface area contributed by atoms with Gasteiger partial charge in [-0.2, -0.15) is 0 Å². The zero-order chi connectivity index (χ0) is 11.8. The Morgan fingerprint density at radius 2 is 2.06 bits per heavy atom. The number of unbranched alkanes of at least 4 members (excludes halogenated alkanes) is 1. The van der Waals surface area contributed by atoms with Crippen molar-refractivity contribution < 1.29 is 14.6 Å². The minimum atomic E-state index is -0.880. The second-order valence-corrected chi connectivity index (χ2v) is 3.50. The third-order valence-electron chi connectivity index (χ3n) is 2.27. The van der Waals surface area contributed by atoms with E-state index in [1.54, 1.807) is 25.5 Å². The maximum atomic E-state index is 10.6. The highest BCUT2D eigenvalue weighted by Gasteiger charge is 2.00. The van der Waals surface area contributed by atoms with Crippen LogP contribution in [0.1, 0.15) is 28.8 Å². The molecule has 0 radical (unpaired) electrons. The smallest absolute Gasteiger partial charge is 0.335 e. The lowest BCUT2D eigenvalue weighted by atomic mass is 10.1. The van der Waals surface area contributed by atoms with Gasteiger partial charge in [-0.05, 0) is 43.0 Å². The molecule has 1 aromatic rings. The van der Waals surface area contributed by atoms with Crippen LogP contribution >= 0.6 is 0 Å². The second-order valence-electron chi connectivity index (χ2n) is 3.50. The molecule has 0 atom stereocenters. The van der Waals surface area contributed by atoms with Gasteiger partial charge in [-0.3, -0.25) is 0 Å². The highest BCUT2D eigenvalue weighted by molar-refractivity contribution is 5.87. The average Bonchev–Trinajstić information content (AvgIpc) is 2.29. The minimum absolute atomic E-state index is 0.336. The summed E-state index contributed by atoms with van der Waals surface area (Å²) in [5.41, 5.74) is 1.50. The molecule has 1 rings (SSSR count). The van der Waals surface area contributed by atoms with Gasteiger partial charge in [-0.15, -0.1) is 0 Å². The fraction of sp³-hybridized carbons (Fsp3) is 0.308. The van der Waals surface area contributed by atoms with E-state index >= 15 is 0 Å². The van der Waals surface area contributed by atoms with Crippen molar-refractivity contribution in [3.63, 3.8) is 0 Å². The normalized spacial score (nSPS) is 10.6. The Bertz CT molecular complexity index is 352. The molecular weight excluding hydrogens is 204 g/mol. The molecule has 3 nitrogen and oxygen atoms in total. The van der Waals surface area contributed by atoms with Crippen LogP contribution in [0.5, 0.6) is 0 Å². The first kappa shape index (κ1) is 12.3. The Kier molecular flexibility index (Phi) is 5.12. The molecule has 16 heavy (non-hydrogen) atoms. The van der Waals surface area contributed by atoms with E-state index < -0.39 is 5.97 Å². The summed E-state index contributed by atoms with van der Waals surface area (Å²) in [5, 5.41) is 8.73. The third kappa shape index (κ3) is 4.17. The fourth-order valence-electron chi connectivity index (χ4n) is 1.40. The number of carboxylic acids is 1. The van der Waals surface area contributed by atoms with Crippen molar-refractivity contribution in [3.8, 4) is 0 Å².